The maximum atomic E-state index is 13.1. The number of carbonyl (C=O) groups excluding carboxylic acids is 3. The number of hydrazone groups is 1. The van der Waals surface area contributed by atoms with Crippen molar-refractivity contribution in [2.45, 2.75) is 13.8 Å². The van der Waals surface area contributed by atoms with Crippen molar-refractivity contribution >= 4 is 47.4 Å². The molecule has 0 aliphatic heterocycles. The molecule has 2 N–H and O–H groups in total. The van der Waals surface area contributed by atoms with Crippen molar-refractivity contribution in [3.63, 3.8) is 0 Å². The van der Waals surface area contributed by atoms with Crippen molar-refractivity contribution < 1.29 is 19.1 Å². The largest absolute Gasteiger partial charge is 0.423 e. The lowest BCUT2D eigenvalue weighted by Gasteiger charge is -2.20. The van der Waals surface area contributed by atoms with Gasteiger partial charge in [-0.3, -0.25) is 9.59 Å². The first-order chi connectivity index (χ1) is 20.9. The number of amides is 2. The molecule has 0 spiro atoms. The van der Waals surface area contributed by atoms with Gasteiger partial charge in [0.2, 0.25) is 0 Å². The second kappa shape index (κ2) is 15.1. The van der Waals surface area contributed by atoms with Crippen LogP contribution in [0.15, 0.2) is 114 Å². The van der Waals surface area contributed by atoms with E-state index in [2.05, 4.69) is 34.6 Å². The minimum absolute atomic E-state index is 0.0309. The molecular formula is C34H31ClN4O4. The molecule has 0 aliphatic carbocycles. The Bertz CT molecular complexity index is 1610. The van der Waals surface area contributed by atoms with Gasteiger partial charge >= 0.3 is 5.97 Å². The number of nitrogens with one attached hydrogen (secondary N) is 2. The summed E-state index contributed by atoms with van der Waals surface area (Å²) in [5.74, 6) is -1.27. The van der Waals surface area contributed by atoms with Crippen LogP contribution in [0.2, 0.25) is 5.02 Å². The average Bonchev–Trinajstić information content (AvgIpc) is 3.03. The maximum absolute atomic E-state index is 13.1. The number of carbonyl (C=O) groups is 3. The van der Waals surface area contributed by atoms with Crippen LogP contribution in [-0.2, 0) is 4.79 Å². The molecule has 0 heterocycles. The highest BCUT2D eigenvalue weighted by atomic mass is 35.5. The van der Waals surface area contributed by atoms with E-state index in [9.17, 15) is 14.4 Å². The average molecular weight is 595 g/mol. The van der Waals surface area contributed by atoms with E-state index in [0.29, 0.717) is 21.9 Å². The number of hydrogen-bond donors (Lipinski definition) is 2. The van der Waals surface area contributed by atoms with Crippen LogP contribution in [0.5, 0.6) is 5.75 Å². The van der Waals surface area contributed by atoms with Gasteiger partial charge in [-0.2, -0.15) is 5.10 Å². The Labute approximate surface area is 255 Å². The van der Waals surface area contributed by atoms with E-state index in [1.165, 1.54) is 6.21 Å². The molecular weight excluding hydrogens is 564 g/mol. The van der Waals surface area contributed by atoms with Crippen LogP contribution in [0.25, 0.3) is 6.08 Å². The van der Waals surface area contributed by atoms with Crippen molar-refractivity contribution in [3.8, 4) is 5.75 Å². The lowest BCUT2D eigenvalue weighted by Crippen LogP contribution is -2.32. The van der Waals surface area contributed by atoms with E-state index in [0.717, 1.165) is 24.3 Å². The Morgan fingerprint density at radius 3 is 2.09 bits per heavy atom. The normalized spacial score (nSPS) is 11.2. The molecule has 0 aromatic heterocycles. The zero-order chi connectivity index (χ0) is 30.6. The van der Waals surface area contributed by atoms with E-state index in [1.807, 2.05) is 30.3 Å². The van der Waals surface area contributed by atoms with Gasteiger partial charge in [0.25, 0.3) is 11.8 Å². The SMILES string of the molecule is CCN(CC)c1ccc(/C=C(/NC(=O)c2ccccc2)C(=O)N/N=C/c2ccc(OC(=O)c3ccccc3Cl)cc2)cc1. The van der Waals surface area contributed by atoms with Gasteiger partial charge in [-0.1, -0.05) is 54.1 Å². The summed E-state index contributed by atoms with van der Waals surface area (Å²) in [5.41, 5.74) is 5.62. The first-order valence-corrected chi connectivity index (χ1v) is 14.1. The number of hydrogen-bond acceptors (Lipinski definition) is 6. The predicted octanol–water partition coefficient (Wildman–Crippen LogP) is 6.33. The summed E-state index contributed by atoms with van der Waals surface area (Å²) in [7, 11) is 0. The van der Waals surface area contributed by atoms with Crippen molar-refractivity contribution in [2.24, 2.45) is 5.10 Å². The molecule has 0 radical (unpaired) electrons. The minimum Gasteiger partial charge on any atom is -0.423 e. The molecule has 0 saturated carbocycles. The van der Waals surface area contributed by atoms with Crippen LogP contribution in [0.1, 0.15) is 45.7 Å². The zero-order valence-corrected chi connectivity index (χ0v) is 24.5. The van der Waals surface area contributed by atoms with Gasteiger partial charge in [-0.15, -0.1) is 0 Å². The monoisotopic (exact) mass is 594 g/mol. The van der Waals surface area contributed by atoms with Gasteiger partial charge < -0.3 is 15.0 Å². The zero-order valence-electron chi connectivity index (χ0n) is 23.8. The summed E-state index contributed by atoms with van der Waals surface area (Å²) in [6.45, 7) is 5.93. The first-order valence-electron chi connectivity index (χ1n) is 13.7. The molecule has 8 nitrogen and oxygen atoms in total. The Hall–Kier alpha value is -5.21. The smallest absolute Gasteiger partial charge is 0.345 e. The van der Waals surface area contributed by atoms with E-state index >= 15 is 0 Å². The van der Waals surface area contributed by atoms with E-state index in [1.54, 1.807) is 78.9 Å². The summed E-state index contributed by atoms with van der Waals surface area (Å²) in [4.78, 5) is 40.6. The van der Waals surface area contributed by atoms with Gasteiger partial charge in [0.05, 0.1) is 16.8 Å². The Balaban J connectivity index is 1.45. The van der Waals surface area contributed by atoms with Crippen LogP contribution in [0.4, 0.5) is 5.69 Å². The minimum atomic E-state index is -0.598. The van der Waals surface area contributed by atoms with Crippen molar-refractivity contribution in [3.05, 3.63) is 136 Å². The maximum Gasteiger partial charge on any atom is 0.345 e. The standard InChI is InChI=1S/C34H31ClN4O4/c1-3-39(4-2)27-18-14-24(15-19-27)22-31(37-32(40)26-10-6-5-7-11-26)33(41)38-36-23-25-16-20-28(21-17-25)43-34(42)29-12-8-9-13-30(29)35/h5-23H,3-4H2,1-2H3,(H,37,40)(H,38,41)/b31-22+,36-23+. The lowest BCUT2D eigenvalue weighted by molar-refractivity contribution is -0.117. The molecule has 4 aromatic carbocycles. The van der Waals surface area contributed by atoms with Gasteiger partial charge in [0.1, 0.15) is 11.4 Å². The molecule has 0 atom stereocenters. The second-order valence-corrected chi connectivity index (χ2v) is 9.69. The number of halogens is 1. The molecule has 218 valence electrons. The summed E-state index contributed by atoms with van der Waals surface area (Å²) < 4.78 is 5.39. The van der Waals surface area contributed by atoms with E-state index in [-0.39, 0.29) is 11.3 Å². The molecule has 0 unspecified atom stereocenters. The highest BCUT2D eigenvalue weighted by molar-refractivity contribution is 6.33. The van der Waals surface area contributed by atoms with Crippen LogP contribution in [0, 0.1) is 0 Å². The molecule has 43 heavy (non-hydrogen) atoms. The molecule has 9 heteroatoms. The third kappa shape index (κ3) is 8.64. The molecule has 0 fully saturated rings. The first kappa shape index (κ1) is 30.7. The number of rotatable bonds is 11. The number of anilines is 1. The topological polar surface area (TPSA) is 100 Å². The Morgan fingerprint density at radius 2 is 1.44 bits per heavy atom. The third-order valence-corrected chi connectivity index (χ3v) is 6.76. The third-order valence-electron chi connectivity index (χ3n) is 6.43. The van der Waals surface area contributed by atoms with Crippen LogP contribution in [0.3, 0.4) is 0 Å². The number of ether oxygens (including phenoxy) is 1. The van der Waals surface area contributed by atoms with Gasteiger partial charge in [0.15, 0.2) is 0 Å². The number of benzene rings is 4. The highest BCUT2D eigenvalue weighted by Crippen LogP contribution is 2.19. The van der Waals surface area contributed by atoms with Crippen LogP contribution in [-0.4, -0.2) is 37.1 Å². The molecule has 0 saturated heterocycles. The Kier molecular flexibility index (Phi) is 10.8. The highest BCUT2D eigenvalue weighted by Gasteiger charge is 2.15. The lowest BCUT2D eigenvalue weighted by atomic mass is 10.1. The van der Waals surface area contributed by atoms with Gasteiger partial charge in [-0.05, 0) is 91.7 Å². The van der Waals surface area contributed by atoms with Gasteiger partial charge in [-0.25, -0.2) is 10.2 Å². The molecule has 4 rings (SSSR count). The van der Waals surface area contributed by atoms with E-state index < -0.39 is 17.8 Å². The van der Waals surface area contributed by atoms with Crippen molar-refractivity contribution in [2.75, 3.05) is 18.0 Å². The fraction of sp³-hybridized carbons (Fsp3) is 0.118. The van der Waals surface area contributed by atoms with Crippen molar-refractivity contribution in [1.29, 1.82) is 0 Å². The fourth-order valence-electron chi connectivity index (χ4n) is 4.12. The number of nitrogens with zero attached hydrogens (tertiary/aromatic N) is 2. The number of esters is 1. The summed E-state index contributed by atoms with van der Waals surface area (Å²) in [5, 5.41) is 7.05. The molecule has 2 amide bonds. The predicted molar refractivity (Wildman–Crippen MR) is 170 cm³/mol. The molecule has 0 bridgehead atoms. The van der Waals surface area contributed by atoms with Crippen LogP contribution < -0.4 is 20.4 Å². The van der Waals surface area contributed by atoms with Gasteiger partial charge in [0, 0.05) is 24.3 Å². The van der Waals surface area contributed by atoms with Crippen molar-refractivity contribution in [1.82, 2.24) is 10.7 Å². The van der Waals surface area contributed by atoms with Crippen LogP contribution >= 0.6 is 11.6 Å². The Morgan fingerprint density at radius 1 is 0.814 bits per heavy atom. The van der Waals surface area contributed by atoms with E-state index in [4.69, 9.17) is 16.3 Å². The summed E-state index contributed by atoms with van der Waals surface area (Å²) in [6.07, 6.45) is 3.03. The molecule has 4 aromatic rings. The molecule has 0 aliphatic rings. The quantitative estimate of drug-likeness (QED) is 0.0695. The second-order valence-electron chi connectivity index (χ2n) is 9.28. The summed E-state index contributed by atoms with van der Waals surface area (Å²) in [6, 6.07) is 29.5. The summed E-state index contributed by atoms with van der Waals surface area (Å²) >= 11 is 6.07. The fourth-order valence-corrected chi connectivity index (χ4v) is 4.33.